The molecule has 0 aliphatic heterocycles. The molecule has 1 saturated carbocycles. The van der Waals surface area contributed by atoms with Gasteiger partial charge in [0.05, 0.1) is 5.41 Å². The van der Waals surface area contributed by atoms with E-state index in [0.29, 0.717) is 18.5 Å². The molecule has 100 valence electrons. The second kappa shape index (κ2) is 6.39. The zero-order valence-corrected chi connectivity index (χ0v) is 11.7. The number of rotatable bonds is 6. The highest BCUT2D eigenvalue weighted by atomic mass is 16.2. The number of carbonyl (C=O) groups excluding carboxylic acids is 1. The van der Waals surface area contributed by atoms with Crippen molar-refractivity contribution in [3.05, 3.63) is 0 Å². The molecule has 0 heterocycles. The lowest BCUT2D eigenvalue weighted by molar-refractivity contribution is -0.144. The fourth-order valence-corrected chi connectivity index (χ4v) is 3.02. The molecule has 0 aromatic rings. The highest BCUT2D eigenvalue weighted by Gasteiger charge is 2.39. The summed E-state index contributed by atoms with van der Waals surface area (Å²) in [4.78, 5) is 14.8. The van der Waals surface area contributed by atoms with Crippen LogP contribution in [0.5, 0.6) is 0 Å². The van der Waals surface area contributed by atoms with Crippen LogP contribution in [-0.2, 0) is 4.79 Å². The Labute approximate surface area is 106 Å². The normalized spacial score (nSPS) is 17.4. The average molecular weight is 240 g/mol. The summed E-state index contributed by atoms with van der Waals surface area (Å²) in [5, 5.41) is 0. The molecule has 0 atom stereocenters. The molecular formula is C14H28N2O. The molecule has 0 saturated heterocycles. The summed E-state index contributed by atoms with van der Waals surface area (Å²) in [7, 11) is 0. The summed E-state index contributed by atoms with van der Waals surface area (Å²) in [5.74, 6) is 0.291. The van der Waals surface area contributed by atoms with Gasteiger partial charge in [-0.15, -0.1) is 0 Å². The van der Waals surface area contributed by atoms with E-state index in [4.69, 9.17) is 5.73 Å². The van der Waals surface area contributed by atoms with Crippen LogP contribution in [0, 0.1) is 5.41 Å². The Morgan fingerprint density at radius 2 is 1.76 bits per heavy atom. The van der Waals surface area contributed by atoms with Crippen molar-refractivity contribution >= 4 is 5.91 Å². The minimum atomic E-state index is -0.321. The third-order valence-corrected chi connectivity index (χ3v) is 4.56. The van der Waals surface area contributed by atoms with Gasteiger partial charge in [-0.3, -0.25) is 4.79 Å². The minimum Gasteiger partial charge on any atom is -0.339 e. The summed E-state index contributed by atoms with van der Waals surface area (Å²) < 4.78 is 0. The summed E-state index contributed by atoms with van der Waals surface area (Å²) in [6.45, 7) is 7.55. The lowest BCUT2D eigenvalue weighted by atomic mass is 9.80. The molecule has 3 nitrogen and oxygen atoms in total. The molecule has 0 spiro atoms. The van der Waals surface area contributed by atoms with Crippen molar-refractivity contribution < 1.29 is 4.79 Å². The van der Waals surface area contributed by atoms with E-state index in [1.54, 1.807) is 0 Å². The van der Waals surface area contributed by atoms with Gasteiger partial charge in [0.25, 0.3) is 0 Å². The highest BCUT2D eigenvalue weighted by molar-refractivity contribution is 5.83. The van der Waals surface area contributed by atoms with Gasteiger partial charge in [0, 0.05) is 19.1 Å². The lowest BCUT2D eigenvalue weighted by Gasteiger charge is -2.38. The zero-order chi connectivity index (χ0) is 12.9. The number of carbonyl (C=O) groups is 1. The number of amides is 1. The summed E-state index contributed by atoms with van der Waals surface area (Å²) >= 11 is 0. The Morgan fingerprint density at radius 3 is 2.12 bits per heavy atom. The maximum atomic E-state index is 12.7. The summed E-state index contributed by atoms with van der Waals surface area (Å²) in [5.41, 5.74) is 5.55. The predicted octanol–water partition coefficient (Wildman–Crippen LogP) is 2.54. The van der Waals surface area contributed by atoms with Crippen molar-refractivity contribution in [1.29, 1.82) is 0 Å². The maximum Gasteiger partial charge on any atom is 0.230 e. The van der Waals surface area contributed by atoms with Crippen molar-refractivity contribution in [2.45, 2.75) is 65.3 Å². The smallest absolute Gasteiger partial charge is 0.230 e. The summed E-state index contributed by atoms with van der Waals surface area (Å²) in [6, 6.07) is 0.469. The highest BCUT2D eigenvalue weighted by Crippen LogP contribution is 2.32. The molecular weight excluding hydrogens is 212 g/mol. The topological polar surface area (TPSA) is 46.3 Å². The Balaban J connectivity index is 2.82. The van der Waals surface area contributed by atoms with Crippen molar-refractivity contribution in [2.24, 2.45) is 11.1 Å². The molecule has 1 rings (SSSR count). The van der Waals surface area contributed by atoms with Gasteiger partial charge in [0.1, 0.15) is 0 Å². The molecule has 1 aliphatic carbocycles. The van der Waals surface area contributed by atoms with Crippen LogP contribution in [0.2, 0.25) is 0 Å². The SMILES string of the molecule is CCN(C(=O)C(CC)(CC)CN)C1CCCC1. The second-order valence-electron chi connectivity index (χ2n) is 5.22. The van der Waals surface area contributed by atoms with Gasteiger partial charge in [-0.1, -0.05) is 26.7 Å². The van der Waals surface area contributed by atoms with E-state index < -0.39 is 0 Å². The molecule has 0 radical (unpaired) electrons. The van der Waals surface area contributed by atoms with Crippen LogP contribution in [0.4, 0.5) is 0 Å². The second-order valence-corrected chi connectivity index (χ2v) is 5.22. The van der Waals surface area contributed by atoms with Gasteiger partial charge in [0.2, 0.25) is 5.91 Å². The standard InChI is InChI=1S/C14H28N2O/c1-4-14(5-2,11-15)13(17)16(6-3)12-9-7-8-10-12/h12H,4-11,15H2,1-3H3. The van der Waals surface area contributed by atoms with E-state index in [-0.39, 0.29) is 5.41 Å². The van der Waals surface area contributed by atoms with Crippen molar-refractivity contribution in [3.63, 3.8) is 0 Å². The Kier molecular flexibility index (Phi) is 5.44. The van der Waals surface area contributed by atoms with Gasteiger partial charge in [0.15, 0.2) is 0 Å². The van der Waals surface area contributed by atoms with Gasteiger partial charge in [-0.2, -0.15) is 0 Å². The van der Waals surface area contributed by atoms with Crippen LogP contribution >= 0.6 is 0 Å². The molecule has 1 fully saturated rings. The fraction of sp³-hybridized carbons (Fsp3) is 0.929. The molecule has 17 heavy (non-hydrogen) atoms. The first kappa shape index (κ1) is 14.5. The van der Waals surface area contributed by atoms with E-state index >= 15 is 0 Å². The minimum absolute atomic E-state index is 0.291. The molecule has 2 N–H and O–H groups in total. The first-order valence-electron chi connectivity index (χ1n) is 7.16. The first-order valence-corrected chi connectivity index (χ1v) is 7.16. The van der Waals surface area contributed by atoms with E-state index in [0.717, 1.165) is 19.4 Å². The van der Waals surface area contributed by atoms with Gasteiger partial charge >= 0.3 is 0 Å². The predicted molar refractivity (Wildman–Crippen MR) is 71.7 cm³/mol. The van der Waals surface area contributed by atoms with Crippen LogP contribution < -0.4 is 5.73 Å². The number of nitrogens with zero attached hydrogens (tertiary/aromatic N) is 1. The van der Waals surface area contributed by atoms with Crippen molar-refractivity contribution in [2.75, 3.05) is 13.1 Å². The number of hydrogen-bond acceptors (Lipinski definition) is 2. The van der Waals surface area contributed by atoms with Crippen LogP contribution in [0.1, 0.15) is 59.3 Å². The molecule has 3 heteroatoms. The Hall–Kier alpha value is -0.570. The molecule has 0 aromatic heterocycles. The Bertz CT molecular complexity index is 234. The number of hydrogen-bond donors (Lipinski definition) is 1. The quantitative estimate of drug-likeness (QED) is 0.775. The largest absolute Gasteiger partial charge is 0.339 e. The van der Waals surface area contributed by atoms with E-state index in [9.17, 15) is 4.79 Å². The molecule has 0 aromatic carbocycles. The summed E-state index contributed by atoms with van der Waals surface area (Å²) in [6.07, 6.45) is 6.58. The van der Waals surface area contributed by atoms with Gasteiger partial charge in [-0.25, -0.2) is 0 Å². The zero-order valence-electron chi connectivity index (χ0n) is 11.7. The van der Waals surface area contributed by atoms with E-state index in [1.807, 2.05) is 0 Å². The number of nitrogens with two attached hydrogens (primary N) is 1. The van der Waals surface area contributed by atoms with Gasteiger partial charge < -0.3 is 10.6 Å². The van der Waals surface area contributed by atoms with Crippen molar-refractivity contribution in [1.82, 2.24) is 4.90 Å². The van der Waals surface area contributed by atoms with Crippen LogP contribution in [0.15, 0.2) is 0 Å². The van der Waals surface area contributed by atoms with Crippen LogP contribution in [-0.4, -0.2) is 29.9 Å². The molecule has 1 amide bonds. The van der Waals surface area contributed by atoms with Crippen LogP contribution in [0.3, 0.4) is 0 Å². The monoisotopic (exact) mass is 240 g/mol. The molecule has 0 bridgehead atoms. The fourth-order valence-electron chi connectivity index (χ4n) is 3.02. The van der Waals surface area contributed by atoms with E-state index in [2.05, 4.69) is 25.7 Å². The molecule has 0 unspecified atom stereocenters. The van der Waals surface area contributed by atoms with E-state index in [1.165, 1.54) is 25.7 Å². The lowest BCUT2D eigenvalue weighted by Crippen LogP contribution is -2.50. The third kappa shape index (κ3) is 2.82. The maximum absolute atomic E-state index is 12.7. The molecule has 1 aliphatic rings. The average Bonchev–Trinajstić information content (AvgIpc) is 2.87. The van der Waals surface area contributed by atoms with Gasteiger partial charge in [-0.05, 0) is 32.6 Å². The Morgan fingerprint density at radius 1 is 1.24 bits per heavy atom. The van der Waals surface area contributed by atoms with Crippen molar-refractivity contribution in [3.8, 4) is 0 Å². The first-order chi connectivity index (χ1) is 8.15. The third-order valence-electron chi connectivity index (χ3n) is 4.56. The van der Waals surface area contributed by atoms with Crippen LogP contribution in [0.25, 0.3) is 0 Å².